The van der Waals surface area contributed by atoms with Gasteiger partial charge in [0.25, 0.3) is 11.8 Å². The third-order valence-corrected chi connectivity index (χ3v) is 10.2. The minimum absolute atomic E-state index is 0.0562. The third-order valence-electron chi connectivity index (χ3n) is 10.2. The monoisotopic (exact) mass is 583 g/mol. The van der Waals surface area contributed by atoms with Crippen LogP contribution in [-0.4, -0.2) is 76.7 Å². The summed E-state index contributed by atoms with van der Waals surface area (Å²) in [5, 5.41) is 18.4. The van der Waals surface area contributed by atoms with E-state index in [-0.39, 0.29) is 28.5 Å². The highest BCUT2D eigenvalue weighted by atomic mass is 19.1. The molecule has 2 aromatic carbocycles. The number of carbonyl (C=O) groups is 2. The number of anilines is 1. The number of rotatable bonds is 6. The highest BCUT2D eigenvalue weighted by Gasteiger charge is 2.51. The minimum Gasteiger partial charge on any atom is -0.508 e. The molecule has 0 radical (unpaired) electrons. The van der Waals surface area contributed by atoms with Crippen molar-refractivity contribution in [1.29, 1.82) is 0 Å². The second-order valence-corrected chi connectivity index (χ2v) is 13.4. The Hall–Kier alpha value is -4.01. The lowest BCUT2D eigenvalue weighted by Gasteiger charge is -2.57. The predicted octanol–water partition coefficient (Wildman–Crippen LogP) is 5.24. The van der Waals surface area contributed by atoms with Gasteiger partial charge in [0.2, 0.25) is 0 Å². The molecule has 5 aliphatic rings. The standard InChI is InChI=1S/C34H38FN5O3/c1-38(21-34-18-22-13-23(19-34)15-24(14-22)20-34)33(43)30-7-8-31(37-36-30)39-9-11-40(12-10-39)32(42)26-5-6-28(29(35)17-26)25-3-2-4-27(41)16-25/h2-8,16-17,22-24,41H,9-15,18-21H2,1H3. The number of amides is 2. The van der Waals surface area contributed by atoms with Gasteiger partial charge in [0.15, 0.2) is 11.5 Å². The summed E-state index contributed by atoms with van der Waals surface area (Å²) in [5.74, 6) is 2.47. The number of nitrogens with zero attached hydrogens (tertiary/aromatic N) is 5. The van der Waals surface area contributed by atoms with E-state index in [0.717, 1.165) is 24.3 Å². The molecule has 2 amide bonds. The van der Waals surface area contributed by atoms with Crippen molar-refractivity contribution in [2.24, 2.45) is 23.2 Å². The molecular weight excluding hydrogens is 545 g/mol. The van der Waals surface area contributed by atoms with Crippen LogP contribution in [0, 0.1) is 29.0 Å². The Balaban J connectivity index is 0.943. The molecule has 5 fully saturated rings. The lowest BCUT2D eigenvalue weighted by Crippen LogP contribution is -2.51. The molecule has 224 valence electrons. The summed E-state index contributed by atoms with van der Waals surface area (Å²) in [4.78, 5) is 32.0. The summed E-state index contributed by atoms with van der Waals surface area (Å²) in [6.45, 7) is 2.85. The topological polar surface area (TPSA) is 89.9 Å². The number of phenols is 1. The summed E-state index contributed by atoms with van der Waals surface area (Å²) in [6.07, 6.45) is 7.94. The summed E-state index contributed by atoms with van der Waals surface area (Å²) < 4.78 is 14.9. The van der Waals surface area contributed by atoms with Crippen LogP contribution in [0.1, 0.15) is 59.4 Å². The fourth-order valence-electron chi connectivity index (χ4n) is 8.74. The number of halogens is 1. The zero-order valence-corrected chi connectivity index (χ0v) is 24.6. The van der Waals surface area contributed by atoms with Gasteiger partial charge in [0, 0.05) is 50.9 Å². The molecule has 0 unspecified atom stereocenters. The van der Waals surface area contributed by atoms with Crippen molar-refractivity contribution >= 4 is 17.6 Å². The van der Waals surface area contributed by atoms with Gasteiger partial charge in [-0.25, -0.2) is 4.39 Å². The van der Waals surface area contributed by atoms with E-state index < -0.39 is 5.82 Å². The summed E-state index contributed by atoms with van der Waals surface area (Å²) in [5.41, 5.74) is 1.81. The Morgan fingerprint density at radius 3 is 2.23 bits per heavy atom. The van der Waals surface area contributed by atoms with E-state index in [2.05, 4.69) is 15.1 Å². The fraction of sp³-hybridized carbons (Fsp3) is 0.471. The van der Waals surface area contributed by atoms with E-state index in [9.17, 15) is 19.1 Å². The second kappa shape index (κ2) is 10.9. The van der Waals surface area contributed by atoms with Crippen LogP contribution in [-0.2, 0) is 0 Å². The van der Waals surface area contributed by atoms with Gasteiger partial charge in [-0.15, -0.1) is 10.2 Å². The average molecular weight is 584 g/mol. The first kappa shape index (κ1) is 27.8. The molecule has 2 heterocycles. The van der Waals surface area contributed by atoms with Gasteiger partial charge >= 0.3 is 0 Å². The molecule has 8 rings (SSSR count). The van der Waals surface area contributed by atoms with Crippen LogP contribution >= 0.6 is 0 Å². The Labute approximate surface area is 251 Å². The fourth-order valence-corrected chi connectivity index (χ4v) is 8.74. The van der Waals surface area contributed by atoms with Crippen LogP contribution in [0.2, 0.25) is 0 Å². The molecule has 1 aromatic heterocycles. The van der Waals surface area contributed by atoms with E-state index in [1.54, 1.807) is 35.2 Å². The van der Waals surface area contributed by atoms with Crippen molar-refractivity contribution in [3.8, 4) is 16.9 Å². The molecule has 3 aromatic rings. The quantitative estimate of drug-likeness (QED) is 0.427. The van der Waals surface area contributed by atoms with Crippen molar-refractivity contribution in [1.82, 2.24) is 20.0 Å². The number of benzene rings is 2. The molecule has 1 saturated heterocycles. The molecule has 1 N–H and O–H groups in total. The molecule has 1 aliphatic heterocycles. The molecule has 43 heavy (non-hydrogen) atoms. The molecule has 0 atom stereocenters. The lowest BCUT2D eigenvalue weighted by atomic mass is 9.49. The maximum absolute atomic E-state index is 14.9. The number of carbonyl (C=O) groups excluding carboxylic acids is 2. The molecular formula is C34H38FN5O3. The Morgan fingerprint density at radius 2 is 1.63 bits per heavy atom. The molecule has 0 spiro atoms. The molecule has 4 bridgehead atoms. The van der Waals surface area contributed by atoms with Gasteiger partial charge in [-0.05, 0) is 104 Å². The first-order valence-corrected chi connectivity index (χ1v) is 15.5. The zero-order chi connectivity index (χ0) is 29.7. The zero-order valence-electron chi connectivity index (χ0n) is 24.6. The average Bonchev–Trinajstić information content (AvgIpc) is 2.99. The largest absolute Gasteiger partial charge is 0.508 e. The number of aromatic hydroxyl groups is 1. The SMILES string of the molecule is CN(CC12CC3CC(CC(C3)C1)C2)C(=O)c1ccc(N2CCN(C(=O)c3ccc(-c4cccc(O)c4)c(F)c3)CC2)nn1. The van der Waals surface area contributed by atoms with Gasteiger partial charge in [-0.1, -0.05) is 18.2 Å². The van der Waals surface area contributed by atoms with Crippen LogP contribution < -0.4 is 4.90 Å². The molecule has 4 saturated carbocycles. The van der Waals surface area contributed by atoms with E-state index >= 15 is 0 Å². The minimum atomic E-state index is -0.511. The first-order valence-electron chi connectivity index (χ1n) is 15.5. The first-order chi connectivity index (χ1) is 20.7. The van der Waals surface area contributed by atoms with Crippen molar-refractivity contribution in [2.75, 3.05) is 44.7 Å². The number of hydrogen-bond acceptors (Lipinski definition) is 6. The normalized spacial score (nSPS) is 26.0. The summed E-state index contributed by atoms with van der Waals surface area (Å²) in [7, 11) is 1.90. The smallest absolute Gasteiger partial charge is 0.274 e. The Kier molecular flexibility index (Phi) is 7.06. The molecule has 9 heteroatoms. The van der Waals surface area contributed by atoms with Gasteiger partial charge in [0.05, 0.1) is 0 Å². The Bertz CT molecular complexity index is 1500. The third kappa shape index (κ3) is 5.45. The van der Waals surface area contributed by atoms with Crippen LogP contribution in [0.5, 0.6) is 5.75 Å². The highest BCUT2D eigenvalue weighted by Crippen LogP contribution is 2.60. The van der Waals surface area contributed by atoms with E-state index in [4.69, 9.17) is 0 Å². The van der Waals surface area contributed by atoms with Gasteiger partial charge < -0.3 is 19.8 Å². The number of piperazine rings is 1. The van der Waals surface area contributed by atoms with E-state index in [0.29, 0.717) is 48.8 Å². The van der Waals surface area contributed by atoms with Crippen LogP contribution in [0.15, 0.2) is 54.6 Å². The number of aromatic nitrogens is 2. The maximum Gasteiger partial charge on any atom is 0.274 e. The second-order valence-electron chi connectivity index (χ2n) is 13.4. The van der Waals surface area contributed by atoms with Crippen molar-refractivity contribution in [2.45, 2.75) is 38.5 Å². The van der Waals surface area contributed by atoms with Gasteiger partial charge in [-0.3, -0.25) is 9.59 Å². The Morgan fingerprint density at radius 1 is 0.930 bits per heavy atom. The van der Waals surface area contributed by atoms with Crippen molar-refractivity contribution < 1.29 is 19.1 Å². The van der Waals surface area contributed by atoms with Crippen LogP contribution in [0.3, 0.4) is 0 Å². The van der Waals surface area contributed by atoms with Gasteiger partial charge in [-0.2, -0.15) is 0 Å². The van der Waals surface area contributed by atoms with E-state index in [1.165, 1.54) is 56.7 Å². The number of phenolic OH excluding ortho intramolecular Hbond substituents is 1. The summed E-state index contributed by atoms with van der Waals surface area (Å²) >= 11 is 0. The van der Waals surface area contributed by atoms with E-state index in [1.807, 2.05) is 18.0 Å². The van der Waals surface area contributed by atoms with Crippen molar-refractivity contribution in [3.05, 3.63) is 71.7 Å². The molecule has 4 aliphatic carbocycles. The van der Waals surface area contributed by atoms with Crippen molar-refractivity contribution in [3.63, 3.8) is 0 Å². The number of hydrogen-bond donors (Lipinski definition) is 1. The van der Waals surface area contributed by atoms with Crippen LogP contribution in [0.4, 0.5) is 10.2 Å². The molecule has 8 nitrogen and oxygen atoms in total. The predicted molar refractivity (Wildman–Crippen MR) is 161 cm³/mol. The lowest BCUT2D eigenvalue weighted by molar-refractivity contribution is -0.0629. The summed E-state index contributed by atoms with van der Waals surface area (Å²) in [6, 6.07) is 14.4. The highest BCUT2D eigenvalue weighted by molar-refractivity contribution is 5.95. The van der Waals surface area contributed by atoms with Gasteiger partial charge in [0.1, 0.15) is 11.6 Å². The maximum atomic E-state index is 14.9. The van der Waals surface area contributed by atoms with Crippen LogP contribution in [0.25, 0.3) is 11.1 Å².